The molecule has 2 aromatic rings. The minimum absolute atomic E-state index is 0.0370. The molecule has 2 saturated heterocycles. The van der Waals surface area contributed by atoms with Crippen LogP contribution in [0, 0.1) is 0 Å². The predicted molar refractivity (Wildman–Crippen MR) is 113 cm³/mol. The Bertz CT molecular complexity index is 838. The first kappa shape index (κ1) is 20.3. The number of amides is 2. The Kier molecular flexibility index (Phi) is 6.59. The molecule has 158 valence electrons. The van der Waals surface area contributed by atoms with Gasteiger partial charge in [0.05, 0.1) is 18.7 Å². The molecule has 3 heterocycles. The van der Waals surface area contributed by atoms with Crippen LogP contribution in [0.3, 0.4) is 0 Å². The van der Waals surface area contributed by atoms with Crippen LogP contribution in [0.25, 0.3) is 0 Å². The number of ether oxygens (including phenoxy) is 1. The second-order valence-corrected chi connectivity index (χ2v) is 7.85. The summed E-state index contributed by atoms with van der Waals surface area (Å²) in [5.74, 6) is 0.743. The monoisotopic (exact) mass is 408 g/mol. The smallest absolute Gasteiger partial charge is 0.237 e. The number of carbonyl (C=O) groups excluding carboxylic acids is 2. The lowest BCUT2D eigenvalue weighted by molar-refractivity contribution is -0.140. The van der Waals surface area contributed by atoms with Gasteiger partial charge < -0.3 is 15.0 Å². The number of pyridine rings is 1. The Morgan fingerprint density at radius 3 is 2.63 bits per heavy atom. The van der Waals surface area contributed by atoms with Crippen LogP contribution in [0.2, 0.25) is 0 Å². The summed E-state index contributed by atoms with van der Waals surface area (Å²) in [6.45, 7) is 3.34. The van der Waals surface area contributed by atoms with Crippen LogP contribution in [-0.4, -0.2) is 64.9 Å². The SMILES string of the molecule is O=C1NCCN(Cc2ccccc2)C1CC(=O)N1CCC(Oc2cccnc2)CC1. The maximum Gasteiger partial charge on any atom is 0.237 e. The summed E-state index contributed by atoms with van der Waals surface area (Å²) in [6, 6.07) is 13.4. The Labute approximate surface area is 177 Å². The molecular formula is C23H28N4O3. The minimum Gasteiger partial charge on any atom is -0.489 e. The Hall–Kier alpha value is -2.93. The number of hydrogen-bond acceptors (Lipinski definition) is 5. The lowest BCUT2D eigenvalue weighted by Gasteiger charge is -2.37. The number of piperazine rings is 1. The van der Waals surface area contributed by atoms with E-state index >= 15 is 0 Å². The molecule has 0 bridgehead atoms. The standard InChI is InChI=1S/C23H28N4O3/c28-22(26-12-8-19(9-13-26)30-20-7-4-10-24-16-20)15-21-23(29)25-11-14-27(21)17-18-5-2-1-3-6-18/h1-7,10,16,19,21H,8-9,11-15,17H2,(H,25,29). The molecule has 0 saturated carbocycles. The lowest BCUT2D eigenvalue weighted by Crippen LogP contribution is -2.56. The highest BCUT2D eigenvalue weighted by molar-refractivity contribution is 5.88. The first-order chi connectivity index (χ1) is 14.7. The van der Waals surface area contributed by atoms with Gasteiger partial charge in [-0.2, -0.15) is 0 Å². The van der Waals surface area contributed by atoms with E-state index < -0.39 is 6.04 Å². The second-order valence-electron chi connectivity index (χ2n) is 7.85. The summed E-state index contributed by atoms with van der Waals surface area (Å²) in [5.41, 5.74) is 1.15. The predicted octanol–water partition coefficient (Wildman–Crippen LogP) is 1.84. The largest absolute Gasteiger partial charge is 0.489 e. The second kappa shape index (κ2) is 9.71. The zero-order valence-electron chi connectivity index (χ0n) is 17.1. The number of nitrogens with zero attached hydrogens (tertiary/aromatic N) is 3. The first-order valence-electron chi connectivity index (χ1n) is 10.6. The highest BCUT2D eigenvalue weighted by atomic mass is 16.5. The number of rotatable bonds is 6. The van der Waals surface area contributed by atoms with Crippen molar-refractivity contribution in [3.63, 3.8) is 0 Å². The average Bonchev–Trinajstić information content (AvgIpc) is 2.78. The summed E-state index contributed by atoms with van der Waals surface area (Å²) < 4.78 is 5.96. The van der Waals surface area contributed by atoms with Crippen molar-refractivity contribution in [2.75, 3.05) is 26.2 Å². The van der Waals surface area contributed by atoms with E-state index in [4.69, 9.17) is 4.74 Å². The number of benzene rings is 1. The van der Waals surface area contributed by atoms with Crippen molar-refractivity contribution in [1.29, 1.82) is 0 Å². The third-order valence-corrected chi connectivity index (χ3v) is 5.77. The Balaban J connectivity index is 1.31. The molecule has 1 unspecified atom stereocenters. The van der Waals surface area contributed by atoms with E-state index in [-0.39, 0.29) is 24.3 Å². The van der Waals surface area contributed by atoms with E-state index in [2.05, 4.69) is 27.3 Å². The summed E-state index contributed by atoms with van der Waals surface area (Å²) >= 11 is 0. The van der Waals surface area contributed by atoms with Crippen LogP contribution >= 0.6 is 0 Å². The van der Waals surface area contributed by atoms with Gasteiger partial charge in [0.2, 0.25) is 11.8 Å². The zero-order valence-corrected chi connectivity index (χ0v) is 17.1. The maximum atomic E-state index is 12.9. The van der Waals surface area contributed by atoms with E-state index in [1.165, 1.54) is 0 Å². The zero-order chi connectivity index (χ0) is 20.8. The van der Waals surface area contributed by atoms with Crippen molar-refractivity contribution in [2.24, 2.45) is 0 Å². The molecule has 2 aliphatic heterocycles. The van der Waals surface area contributed by atoms with Gasteiger partial charge in [-0.05, 0) is 17.7 Å². The van der Waals surface area contributed by atoms with Crippen molar-refractivity contribution < 1.29 is 14.3 Å². The Morgan fingerprint density at radius 2 is 1.90 bits per heavy atom. The topological polar surface area (TPSA) is 74.8 Å². The third-order valence-electron chi connectivity index (χ3n) is 5.77. The number of nitrogens with one attached hydrogen (secondary N) is 1. The summed E-state index contributed by atoms with van der Waals surface area (Å²) in [6.07, 6.45) is 5.30. The number of likely N-dealkylation sites (tertiary alicyclic amines) is 1. The highest BCUT2D eigenvalue weighted by Crippen LogP contribution is 2.20. The Morgan fingerprint density at radius 1 is 1.10 bits per heavy atom. The first-order valence-corrected chi connectivity index (χ1v) is 10.6. The van der Waals surface area contributed by atoms with E-state index in [9.17, 15) is 9.59 Å². The molecule has 1 atom stereocenters. The minimum atomic E-state index is -0.421. The fourth-order valence-corrected chi connectivity index (χ4v) is 4.12. The lowest BCUT2D eigenvalue weighted by atomic mass is 10.0. The fraction of sp³-hybridized carbons (Fsp3) is 0.435. The van der Waals surface area contributed by atoms with Gasteiger partial charge in [0, 0.05) is 51.8 Å². The van der Waals surface area contributed by atoms with Gasteiger partial charge in [0.15, 0.2) is 0 Å². The van der Waals surface area contributed by atoms with Gasteiger partial charge in [-0.25, -0.2) is 0 Å². The van der Waals surface area contributed by atoms with Gasteiger partial charge in [-0.3, -0.25) is 19.5 Å². The van der Waals surface area contributed by atoms with Gasteiger partial charge in [0.25, 0.3) is 0 Å². The molecule has 2 aliphatic rings. The maximum absolute atomic E-state index is 12.9. The molecule has 0 radical (unpaired) electrons. The van der Waals surface area contributed by atoms with Crippen molar-refractivity contribution in [2.45, 2.75) is 38.0 Å². The number of hydrogen-bond donors (Lipinski definition) is 1. The van der Waals surface area contributed by atoms with E-state index in [0.29, 0.717) is 26.2 Å². The summed E-state index contributed by atoms with van der Waals surface area (Å²) in [5, 5.41) is 2.91. The molecule has 7 heteroatoms. The van der Waals surface area contributed by atoms with Crippen molar-refractivity contribution in [3.8, 4) is 5.75 Å². The average molecular weight is 409 g/mol. The van der Waals surface area contributed by atoms with Crippen LogP contribution in [0.5, 0.6) is 5.75 Å². The normalized spacial score (nSPS) is 20.6. The van der Waals surface area contributed by atoms with E-state index in [1.54, 1.807) is 12.4 Å². The molecule has 4 rings (SSSR count). The molecule has 2 amide bonds. The van der Waals surface area contributed by atoms with Gasteiger partial charge in [-0.1, -0.05) is 30.3 Å². The molecule has 1 aromatic heterocycles. The fourth-order valence-electron chi connectivity index (χ4n) is 4.12. The molecule has 7 nitrogen and oxygen atoms in total. The van der Waals surface area contributed by atoms with Gasteiger partial charge in [0.1, 0.15) is 11.9 Å². The molecule has 2 fully saturated rings. The molecular weight excluding hydrogens is 380 g/mol. The highest BCUT2D eigenvalue weighted by Gasteiger charge is 2.34. The molecule has 30 heavy (non-hydrogen) atoms. The van der Waals surface area contributed by atoms with Crippen molar-refractivity contribution >= 4 is 11.8 Å². The van der Waals surface area contributed by atoms with Crippen LogP contribution in [0.1, 0.15) is 24.8 Å². The molecule has 0 aliphatic carbocycles. The molecule has 1 N–H and O–H groups in total. The van der Waals surface area contributed by atoms with Crippen LogP contribution in [0.15, 0.2) is 54.9 Å². The van der Waals surface area contributed by atoms with Gasteiger partial charge >= 0.3 is 0 Å². The number of carbonyl (C=O) groups is 2. The molecule has 0 spiro atoms. The quantitative estimate of drug-likeness (QED) is 0.790. The summed E-state index contributed by atoms with van der Waals surface area (Å²) in [4.78, 5) is 33.5. The van der Waals surface area contributed by atoms with Crippen LogP contribution in [-0.2, 0) is 16.1 Å². The van der Waals surface area contributed by atoms with E-state index in [0.717, 1.165) is 30.7 Å². The number of aromatic nitrogens is 1. The third kappa shape index (κ3) is 5.16. The van der Waals surface area contributed by atoms with E-state index in [1.807, 2.05) is 35.2 Å². The van der Waals surface area contributed by atoms with Crippen LogP contribution < -0.4 is 10.1 Å². The van der Waals surface area contributed by atoms with Gasteiger partial charge in [-0.15, -0.1) is 0 Å². The number of piperidine rings is 1. The van der Waals surface area contributed by atoms with Crippen LogP contribution in [0.4, 0.5) is 0 Å². The summed E-state index contributed by atoms with van der Waals surface area (Å²) in [7, 11) is 0. The van der Waals surface area contributed by atoms with Crippen molar-refractivity contribution in [3.05, 3.63) is 60.4 Å². The van der Waals surface area contributed by atoms with Crippen molar-refractivity contribution in [1.82, 2.24) is 20.1 Å². The molecule has 1 aromatic carbocycles.